The molecule has 2 aliphatic carbocycles. The predicted molar refractivity (Wildman–Crippen MR) is 212 cm³/mol. The van der Waals surface area contributed by atoms with Crippen molar-refractivity contribution in [2.75, 3.05) is 38.4 Å². The normalized spacial score (nSPS) is 27.8. The Kier molecular flexibility index (Phi) is 14.3. The number of thioether (sulfide) groups is 1. The lowest BCUT2D eigenvalue weighted by Gasteiger charge is -2.58. The summed E-state index contributed by atoms with van der Waals surface area (Å²) in [6, 6.07) is 13.9. The number of anilines is 1. The number of carbonyl (C=O) groups excluding carboxylic acids is 1. The van der Waals surface area contributed by atoms with Gasteiger partial charge in [-0.15, -0.1) is 18.3 Å². The molecular formula is C43H56N2O8S. The fourth-order valence-electron chi connectivity index (χ4n) is 8.57. The molecule has 4 aliphatic rings. The molecular weight excluding hydrogens is 705 g/mol. The molecule has 54 heavy (non-hydrogen) atoms. The summed E-state index contributed by atoms with van der Waals surface area (Å²) >= 11 is 1.67. The zero-order valence-corrected chi connectivity index (χ0v) is 32.3. The molecule has 0 spiro atoms. The second kappa shape index (κ2) is 19.3. The van der Waals surface area contributed by atoms with Crippen molar-refractivity contribution >= 4 is 29.1 Å². The summed E-state index contributed by atoms with van der Waals surface area (Å²) in [6.07, 6.45) is 13.8. The third kappa shape index (κ3) is 9.25. The number of oxime groups is 1. The van der Waals surface area contributed by atoms with Crippen molar-refractivity contribution < 1.29 is 38.8 Å². The molecule has 6 rings (SSSR count). The van der Waals surface area contributed by atoms with E-state index in [1.807, 2.05) is 36.4 Å². The van der Waals surface area contributed by atoms with Crippen molar-refractivity contribution in [2.45, 2.75) is 99.3 Å². The standard InChI is InChI=1S/C43H56N2O8S/c1-4-23-49-32-17-20-38-36(27-32)41-34(13-7-10-22-47)30(12-6-9-21-46)26-35-37(45-53-40-14-8-11-25-50-40)28-39(43(52-38,42(35)41)51-24-5-2)54-33-18-15-31(16-19-33)44-29(3)48/h4-5,15-20,26-27,30,34,39-42,46-47H,1-2,6-14,21-25,28H2,3H3,(H,44,48). The van der Waals surface area contributed by atoms with Crippen LogP contribution in [0.25, 0.3) is 0 Å². The fourth-order valence-corrected chi connectivity index (χ4v) is 9.86. The second-order valence-electron chi connectivity index (χ2n) is 14.6. The highest BCUT2D eigenvalue weighted by Gasteiger charge is 2.64. The topological polar surface area (TPSA) is 128 Å². The lowest BCUT2D eigenvalue weighted by atomic mass is 9.56. The van der Waals surface area contributed by atoms with Crippen LogP contribution in [-0.4, -0.2) is 72.2 Å². The number of hydrogen-bond acceptors (Lipinski definition) is 10. The molecule has 0 bridgehead atoms. The summed E-state index contributed by atoms with van der Waals surface area (Å²) in [5, 5.41) is 27.2. The summed E-state index contributed by atoms with van der Waals surface area (Å²) in [7, 11) is 0. The Hall–Kier alpha value is -3.61. The lowest BCUT2D eigenvalue weighted by molar-refractivity contribution is -0.223. The quantitative estimate of drug-likeness (QED) is 0.0739. The van der Waals surface area contributed by atoms with Crippen LogP contribution in [0.3, 0.4) is 0 Å². The van der Waals surface area contributed by atoms with E-state index in [4.69, 9.17) is 28.9 Å². The number of fused-ring (bicyclic) bond motifs is 2. The molecule has 2 fully saturated rings. The molecule has 10 nitrogen and oxygen atoms in total. The van der Waals surface area contributed by atoms with E-state index in [1.54, 1.807) is 23.9 Å². The van der Waals surface area contributed by atoms with E-state index >= 15 is 0 Å². The number of benzene rings is 2. The molecule has 1 saturated heterocycles. The van der Waals surface area contributed by atoms with Crippen LogP contribution in [0, 0.1) is 17.8 Å². The molecule has 7 unspecified atom stereocenters. The van der Waals surface area contributed by atoms with Crippen molar-refractivity contribution in [3.8, 4) is 11.5 Å². The van der Waals surface area contributed by atoms with Gasteiger partial charge in [0.15, 0.2) is 0 Å². The molecule has 0 radical (unpaired) electrons. The summed E-state index contributed by atoms with van der Waals surface area (Å²) in [6.45, 7) is 11.0. The van der Waals surface area contributed by atoms with Gasteiger partial charge in [-0.2, -0.15) is 0 Å². The highest BCUT2D eigenvalue weighted by Crippen LogP contribution is 2.63. The zero-order valence-electron chi connectivity index (χ0n) is 31.5. The van der Waals surface area contributed by atoms with Gasteiger partial charge in [0, 0.05) is 55.0 Å². The number of amides is 1. The highest BCUT2D eigenvalue weighted by molar-refractivity contribution is 8.00. The molecule has 2 heterocycles. The molecule has 2 aliphatic heterocycles. The fraction of sp³-hybridized carbons (Fsp3) is 0.535. The van der Waals surface area contributed by atoms with Gasteiger partial charge in [0.05, 0.1) is 30.1 Å². The Balaban J connectivity index is 1.52. The predicted octanol–water partition coefficient (Wildman–Crippen LogP) is 8.16. The van der Waals surface area contributed by atoms with Gasteiger partial charge < -0.3 is 39.3 Å². The Morgan fingerprint density at radius 1 is 1.04 bits per heavy atom. The lowest BCUT2D eigenvalue weighted by Crippen LogP contribution is -2.64. The molecule has 2 aromatic carbocycles. The number of nitrogens with one attached hydrogen (secondary N) is 1. The Morgan fingerprint density at radius 2 is 1.81 bits per heavy atom. The van der Waals surface area contributed by atoms with Crippen LogP contribution in [0.4, 0.5) is 5.69 Å². The largest absolute Gasteiger partial charge is 0.490 e. The minimum absolute atomic E-state index is 0.0506. The number of ether oxygens (including phenoxy) is 4. The Bertz CT molecular complexity index is 1640. The van der Waals surface area contributed by atoms with E-state index in [0.29, 0.717) is 26.1 Å². The summed E-state index contributed by atoms with van der Waals surface area (Å²) in [5.41, 5.74) is 3.71. The number of hydrogen-bond donors (Lipinski definition) is 3. The Morgan fingerprint density at radius 3 is 2.52 bits per heavy atom. The van der Waals surface area contributed by atoms with Crippen molar-refractivity contribution in [3.05, 3.63) is 85.0 Å². The zero-order chi connectivity index (χ0) is 37.9. The number of unbranched alkanes of at least 4 members (excludes halogenated alkanes) is 2. The molecule has 1 amide bonds. The number of aliphatic hydroxyl groups is 2. The summed E-state index contributed by atoms with van der Waals surface area (Å²) in [5.74, 6) is 0.289. The van der Waals surface area contributed by atoms with E-state index in [-0.39, 0.29) is 54.6 Å². The van der Waals surface area contributed by atoms with E-state index in [2.05, 4.69) is 30.6 Å². The van der Waals surface area contributed by atoms with Gasteiger partial charge in [-0.1, -0.05) is 42.8 Å². The average molecular weight is 761 g/mol. The van der Waals surface area contributed by atoms with Gasteiger partial charge in [0.1, 0.15) is 18.1 Å². The number of carbonyl (C=O) groups is 1. The van der Waals surface area contributed by atoms with Crippen LogP contribution in [0.2, 0.25) is 0 Å². The first-order valence-electron chi connectivity index (χ1n) is 19.5. The molecule has 0 aromatic heterocycles. The van der Waals surface area contributed by atoms with Crippen molar-refractivity contribution in [1.29, 1.82) is 0 Å². The highest BCUT2D eigenvalue weighted by atomic mass is 32.2. The maximum absolute atomic E-state index is 11.8. The molecule has 292 valence electrons. The van der Waals surface area contributed by atoms with E-state index in [1.165, 1.54) is 6.92 Å². The first-order chi connectivity index (χ1) is 26.4. The number of nitrogens with zero attached hydrogens (tertiary/aromatic N) is 1. The maximum atomic E-state index is 11.8. The van der Waals surface area contributed by atoms with Gasteiger partial charge in [-0.25, -0.2) is 0 Å². The van der Waals surface area contributed by atoms with Crippen LogP contribution in [0.15, 0.2) is 89.5 Å². The van der Waals surface area contributed by atoms with E-state index < -0.39 is 12.1 Å². The van der Waals surface area contributed by atoms with Crippen LogP contribution >= 0.6 is 11.8 Å². The van der Waals surface area contributed by atoms with Crippen molar-refractivity contribution in [2.24, 2.45) is 22.9 Å². The number of aliphatic hydroxyl groups excluding tert-OH is 2. The van der Waals surface area contributed by atoms with Gasteiger partial charge in [-0.3, -0.25) is 4.79 Å². The van der Waals surface area contributed by atoms with Crippen LogP contribution in [0.1, 0.15) is 82.6 Å². The first kappa shape index (κ1) is 40.1. The van der Waals surface area contributed by atoms with Crippen molar-refractivity contribution in [1.82, 2.24) is 0 Å². The molecule has 3 N–H and O–H groups in total. The van der Waals surface area contributed by atoms with Gasteiger partial charge >= 0.3 is 0 Å². The number of rotatable bonds is 19. The average Bonchev–Trinajstić information content (AvgIpc) is 3.18. The maximum Gasteiger partial charge on any atom is 0.231 e. The number of allylic oxidation sites excluding steroid dienone is 1. The third-order valence-electron chi connectivity index (χ3n) is 10.9. The SMILES string of the molecule is C=CCOc1ccc2c(c1)C1C(CCCCO)C(CCCCO)C=C3C(=NOC4CCCCO4)CC(Sc4ccc(NC(C)=O)cc4)C(OCC=C)(O2)C31. The molecule has 7 atom stereocenters. The molecule has 1 saturated carbocycles. The third-order valence-corrected chi connectivity index (χ3v) is 12.2. The van der Waals surface area contributed by atoms with Crippen LogP contribution in [0.5, 0.6) is 11.5 Å². The van der Waals surface area contributed by atoms with Gasteiger partial charge in [0.25, 0.3) is 0 Å². The van der Waals surface area contributed by atoms with Crippen LogP contribution < -0.4 is 14.8 Å². The van der Waals surface area contributed by atoms with E-state index in [0.717, 1.165) is 90.3 Å². The second-order valence-corrected chi connectivity index (χ2v) is 15.8. The van der Waals surface area contributed by atoms with Crippen LogP contribution in [-0.2, 0) is 19.1 Å². The monoisotopic (exact) mass is 760 g/mol. The Labute approximate surface area is 324 Å². The van der Waals surface area contributed by atoms with Gasteiger partial charge in [-0.05, 0) is 98.4 Å². The summed E-state index contributed by atoms with van der Waals surface area (Å²) in [4.78, 5) is 19.0. The van der Waals surface area contributed by atoms with E-state index in [9.17, 15) is 15.0 Å². The van der Waals surface area contributed by atoms with Gasteiger partial charge in [0.2, 0.25) is 18.0 Å². The minimum atomic E-state index is -1.12. The summed E-state index contributed by atoms with van der Waals surface area (Å²) < 4.78 is 26.4. The molecule has 2 aromatic rings. The minimum Gasteiger partial charge on any atom is -0.490 e. The smallest absolute Gasteiger partial charge is 0.231 e. The van der Waals surface area contributed by atoms with Crippen molar-refractivity contribution in [3.63, 3.8) is 0 Å². The molecule has 11 heteroatoms. The first-order valence-corrected chi connectivity index (χ1v) is 20.4.